The van der Waals surface area contributed by atoms with E-state index in [2.05, 4.69) is 37.9 Å². The van der Waals surface area contributed by atoms with E-state index in [0.717, 1.165) is 46.9 Å². The van der Waals surface area contributed by atoms with Crippen LogP contribution in [-0.4, -0.2) is 33.6 Å². The van der Waals surface area contributed by atoms with Crippen LogP contribution >= 0.6 is 11.8 Å². The predicted octanol–water partition coefficient (Wildman–Crippen LogP) is 6.28. The molecule has 1 aromatic heterocycles. The van der Waals surface area contributed by atoms with Gasteiger partial charge in [0.1, 0.15) is 22.9 Å². The summed E-state index contributed by atoms with van der Waals surface area (Å²) in [5.41, 5.74) is 3.52. The number of thioether (sulfide) groups is 1. The smallest absolute Gasteiger partial charge is 0.209 e. The lowest BCUT2D eigenvalue weighted by atomic mass is 10.0. The van der Waals surface area contributed by atoms with E-state index in [0.29, 0.717) is 23.6 Å². The summed E-state index contributed by atoms with van der Waals surface area (Å²) in [5.74, 6) is 1.71. The van der Waals surface area contributed by atoms with Crippen LogP contribution in [0.4, 0.5) is 0 Å². The minimum absolute atomic E-state index is 0.380. The number of aromatic nitrogens is 3. The van der Waals surface area contributed by atoms with Gasteiger partial charge in [-0.1, -0.05) is 39.5 Å². The van der Waals surface area contributed by atoms with Crippen molar-refractivity contribution < 1.29 is 9.47 Å². The van der Waals surface area contributed by atoms with Crippen LogP contribution in [0.5, 0.6) is 11.5 Å². The van der Waals surface area contributed by atoms with Gasteiger partial charge in [0.25, 0.3) is 0 Å². The summed E-state index contributed by atoms with van der Waals surface area (Å²) in [7, 11) is 0. The molecule has 0 aliphatic rings. The second-order valence-corrected chi connectivity index (χ2v) is 8.75. The quantitative estimate of drug-likeness (QED) is 0.358. The minimum atomic E-state index is 0.380. The first-order valence-corrected chi connectivity index (χ1v) is 11.4. The van der Waals surface area contributed by atoms with Crippen LogP contribution in [0.1, 0.15) is 40.5 Å². The van der Waals surface area contributed by atoms with Crippen molar-refractivity contribution >= 4 is 11.8 Å². The van der Waals surface area contributed by atoms with Gasteiger partial charge in [-0.05, 0) is 61.4 Å². The summed E-state index contributed by atoms with van der Waals surface area (Å²) >= 11 is 1.61. The molecule has 5 nitrogen and oxygen atoms in total. The van der Waals surface area contributed by atoms with Gasteiger partial charge < -0.3 is 9.47 Å². The van der Waals surface area contributed by atoms with E-state index in [1.165, 1.54) is 0 Å². The third-order valence-electron chi connectivity index (χ3n) is 4.21. The Bertz CT molecular complexity index is 928. The highest BCUT2D eigenvalue weighted by Crippen LogP contribution is 2.32. The summed E-state index contributed by atoms with van der Waals surface area (Å²) < 4.78 is 11.4. The van der Waals surface area contributed by atoms with Crippen LogP contribution < -0.4 is 9.47 Å². The lowest BCUT2D eigenvalue weighted by Gasteiger charge is -2.12. The third kappa shape index (κ3) is 5.95. The Labute approximate surface area is 183 Å². The molecular weight excluding hydrogens is 394 g/mol. The second kappa shape index (κ2) is 11.0. The van der Waals surface area contributed by atoms with E-state index < -0.39 is 0 Å². The van der Waals surface area contributed by atoms with Gasteiger partial charge in [0.15, 0.2) is 0 Å². The normalized spacial score (nSPS) is 11.0. The van der Waals surface area contributed by atoms with Crippen molar-refractivity contribution in [3.63, 3.8) is 0 Å². The molecule has 2 aromatic carbocycles. The molecule has 0 radical (unpaired) electrons. The highest BCUT2D eigenvalue weighted by molar-refractivity contribution is 7.99. The van der Waals surface area contributed by atoms with Crippen LogP contribution in [-0.2, 0) is 0 Å². The van der Waals surface area contributed by atoms with E-state index in [-0.39, 0.29) is 0 Å². The Morgan fingerprint density at radius 3 is 1.70 bits per heavy atom. The molecule has 0 amide bonds. The molecule has 0 saturated heterocycles. The average molecular weight is 424 g/mol. The Kier molecular flexibility index (Phi) is 8.08. The highest BCUT2D eigenvalue weighted by Gasteiger charge is 2.15. The van der Waals surface area contributed by atoms with Crippen LogP contribution in [0.15, 0.2) is 53.7 Å². The van der Waals surface area contributed by atoms with Gasteiger partial charge in [-0.15, -0.1) is 10.2 Å². The summed E-state index contributed by atoms with van der Waals surface area (Å²) in [6, 6.07) is 16.0. The molecule has 0 N–H and O–H groups in total. The molecule has 3 rings (SSSR count). The van der Waals surface area contributed by atoms with Crippen molar-refractivity contribution in [1.82, 2.24) is 15.2 Å². The first-order chi connectivity index (χ1) is 14.6. The molecule has 0 aliphatic heterocycles. The van der Waals surface area contributed by atoms with Gasteiger partial charge in [0.2, 0.25) is 5.16 Å². The van der Waals surface area contributed by atoms with Crippen LogP contribution in [0.2, 0.25) is 0 Å². The molecule has 30 heavy (non-hydrogen) atoms. The predicted molar refractivity (Wildman–Crippen MR) is 123 cm³/mol. The number of hydrogen-bond acceptors (Lipinski definition) is 6. The molecule has 0 unspecified atom stereocenters. The third-order valence-corrected chi connectivity index (χ3v) is 5.06. The molecule has 0 aliphatic carbocycles. The van der Waals surface area contributed by atoms with E-state index >= 15 is 0 Å². The molecule has 6 heteroatoms. The Morgan fingerprint density at radius 1 is 0.733 bits per heavy atom. The number of benzene rings is 2. The van der Waals surface area contributed by atoms with Crippen LogP contribution in [0, 0.1) is 0 Å². The number of nitrogens with zero attached hydrogens (tertiary/aromatic N) is 3. The first-order valence-electron chi connectivity index (χ1n) is 10.5. The van der Waals surface area contributed by atoms with Crippen LogP contribution in [0.3, 0.4) is 0 Å². The van der Waals surface area contributed by atoms with Crippen molar-refractivity contribution in [2.45, 2.75) is 50.9 Å². The largest absolute Gasteiger partial charge is 0.494 e. The van der Waals surface area contributed by atoms with Gasteiger partial charge in [0.05, 0.1) is 13.2 Å². The zero-order chi connectivity index (χ0) is 21.3. The fourth-order valence-electron chi connectivity index (χ4n) is 2.83. The zero-order valence-corrected chi connectivity index (χ0v) is 18.9. The van der Waals surface area contributed by atoms with Gasteiger partial charge in [-0.3, -0.25) is 0 Å². The van der Waals surface area contributed by atoms with E-state index in [1.54, 1.807) is 11.8 Å². The van der Waals surface area contributed by atoms with Crippen molar-refractivity contribution in [2.75, 3.05) is 13.2 Å². The van der Waals surface area contributed by atoms with E-state index in [4.69, 9.17) is 14.5 Å². The molecule has 1 heterocycles. The molecule has 158 valence electrons. The fraction of sp³-hybridized carbons (Fsp3) is 0.375. The van der Waals surface area contributed by atoms with Gasteiger partial charge in [-0.2, -0.15) is 0 Å². The summed E-state index contributed by atoms with van der Waals surface area (Å²) in [4.78, 5) is 4.84. The summed E-state index contributed by atoms with van der Waals surface area (Å²) in [5, 5.41) is 9.95. The fourth-order valence-corrected chi connectivity index (χ4v) is 3.48. The van der Waals surface area contributed by atoms with Gasteiger partial charge in [-0.25, -0.2) is 4.98 Å². The molecule has 0 fully saturated rings. The molecule has 0 spiro atoms. The standard InChI is InChI=1S/C24H29N3O2S/c1-5-15-28-20-11-7-18(8-12-20)22-23(26-27-24(25-22)30-17(3)4)19-9-13-21(14-10-19)29-16-6-2/h7-14,17H,5-6,15-16H2,1-4H3. The minimum Gasteiger partial charge on any atom is -0.494 e. The van der Waals surface area contributed by atoms with Crippen molar-refractivity contribution in [1.29, 1.82) is 0 Å². The van der Waals surface area contributed by atoms with Gasteiger partial charge in [0, 0.05) is 16.4 Å². The molecule has 0 saturated carbocycles. The topological polar surface area (TPSA) is 57.1 Å². The molecular formula is C24H29N3O2S. The van der Waals surface area contributed by atoms with Crippen molar-refractivity contribution in [3.05, 3.63) is 48.5 Å². The van der Waals surface area contributed by atoms with Crippen molar-refractivity contribution in [2.24, 2.45) is 0 Å². The Hall–Kier alpha value is -2.60. The summed E-state index contributed by atoms with van der Waals surface area (Å²) in [6.45, 7) is 9.85. The van der Waals surface area contributed by atoms with E-state index in [9.17, 15) is 0 Å². The van der Waals surface area contributed by atoms with Crippen LogP contribution in [0.25, 0.3) is 22.5 Å². The maximum absolute atomic E-state index is 5.72. The average Bonchev–Trinajstić information content (AvgIpc) is 2.76. The monoisotopic (exact) mass is 423 g/mol. The molecule has 0 atom stereocenters. The SMILES string of the molecule is CCCOc1ccc(-c2nnc(SC(C)C)nc2-c2ccc(OCCC)cc2)cc1. The molecule has 0 bridgehead atoms. The Morgan fingerprint density at radius 2 is 1.23 bits per heavy atom. The number of hydrogen-bond donors (Lipinski definition) is 0. The maximum Gasteiger partial charge on any atom is 0.209 e. The number of rotatable bonds is 10. The highest BCUT2D eigenvalue weighted by atomic mass is 32.2. The second-order valence-electron chi connectivity index (χ2n) is 7.20. The first kappa shape index (κ1) is 22.1. The lowest BCUT2D eigenvalue weighted by Crippen LogP contribution is -2.01. The van der Waals surface area contributed by atoms with E-state index in [1.807, 2.05) is 48.5 Å². The summed E-state index contributed by atoms with van der Waals surface area (Å²) in [6.07, 6.45) is 1.96. The molecule has 3 aromatic rings. The lowest BCUT2D eigenvalue weighted by molar-refractivity contribution is 0.317. The van der Waals surface area contributed by atoms with Gasteiger partial charge >= 0.3 is 0 Å². The zero-order valence-electron chi connectivity index (χ0n) is 18.1. The maximum atomic E-state index is 5.72. The Balaban J connectivity index is 1.96. The number of ether oxygens (including phenoxy) is 2. The van der Waals surface area contributed by atoms with Crippen molar-refractivity contribution in [3.8, 4) is 34.0 Å².